The van der Waals surface area contributed by atoms with Crippen molar-refractivity contribution in [3.63, 3.8) is 0 Å². The van der Waals surface area contributed by atoms with E-state index in [9.17, 15) is 9.18 Å². The number of hydrogen-bond acceptors (Lipinski definition) is 5. The number of likely N-dealkylation sites (tertiary alicyclic amines) is 1. The number of ether oxygens (including phenoxy) is 1. The molecule has 6 nitrogen and oxygen atoms in total. The molecule has 23 heavy (non-hydrogen) atoms. The Hall–Kier alpha value is -1.99. The minimum atomic E-state index is -1.00. The van der Waals surface area contributed by atoms with Crippen molar-refractivity contribution in [2.75, 3.05) is 26.7 Å². The van der Waals surface area contributed by atoms with Crippen LogP contribution in [0.5, 0.6) is 5.75 Å². The van der Waals surface area contributed by atoms with Gasteiger partial charge in [-0.1, -0.05) is 0 Å². The van der Waals surface area contributed by atoms with Crippen LogP contribution in [0.4, 0.5) is 4.39 Å². The Balaban J connectivity index is 1.82. The second-order valence-corrected chi connectivity index (χ2v) is 5.87. The fourth-order valence-corrected chi connectivity index (χ4v) is 2.93. The Kier molecular flexibility index (Phi) is 4.58. The molecule has 1 aromatic carbocycles. The lowest BCUT2D eigenvalue weighted by Gasteiger charge is -2.32. The molecule has 1 saturated heterocycles. The van der Waals surface area contributed by atoms with Crippen molar-refractivity contribution < 1.29 is 9.13 Å². The number of hydrogen-bond donors (Lipinski definition) is 1. The first-order chi connectivity index (χ1) is 11.1. The molecule has 1 aliphatic heterocycles. The predicted octanol–water partition coefficient (Wildman–Crippen LogP) is 0.776. The van der Waals surface area contributed by atoms with Crippen LogP contribution in [0.1, 0.15) is 6.42 Å². The molecular weight excluding hydrogens is 299 g/mol. The Labute approximate surface area is 133 Å². The van der Waals surface area contributed by atoms with Gasteiger partial charge in [0.1, 0.15) is 11.9 Å². The lowest BCUT2D eigenvalue weighted by Crippen LogP contribution is -2.49. The molecule has 2 aromatic rings. The highest BCUT2D eigenvalue weighted by Gasteiger charge is 2.26. The summed E-state index contributed by atoms with van der Waals surface area (Å²) in [5.41, 5.74) is 6.98. The van der Waals surface area contributed by atoms with Gasteiger partial charge in [-0.05, 0) is 25.1 Å². The zero-order valence-electron chi connectivity index (χ0n) is 13.1. The monoisotopic (exact) mass is 320 g/mol. The molecule has 0 saturated carbocycles. The maximum Gasteiger partial charge on any atom is 0.269 e. The summed E-state index contributed by atoms with van der Waals surface area (Å²) in [6.07, 6.45) is 0.953. The third kappa shape index (κ3) is 3.35. The van der Waals surface area contributed by atoms with E-state index in [0.717, 1.165) is 17.6 Å². The average Bonchev–Trinajstić information content (AvgIpc) is 2.56. The summed E-state index contributed by atoms with van der Waals surface area (Å²) in [6.45, 7) is 2.15. The molecule has 0 amide bonds. The standard InChI is InChI=1S/C16H21FN4O2/c1-23-11-2-3-14-15(8-11)21(16(22)9-19-14)7-6-20-5-4-13(18)12(17)10-20/h2-3,8-9,12-13H,4-7,10,18H2,1H3/t12-,13-/m1/s1. The Morgan fingerprint density at radius 2 is 2.26 bits per heavy atom. The minimum Gasteiger partial charge on any atom is -0.497 e. The number of alkyl halides is 1. The van der Waals surface area contributed by atoms with E-state index in [0.29, 0.717) is 31.8 Å². The van der Waals surface area contributed by atoms with Crippen molar-refractivity contribution in [3.05, 3.63) is 34.7 Å². The summed E-state index contributed by atoms with van der Waals surface area (Å²) in [5, 5.41) is 0. The number of rotatable bonds is 4. The van der Waals surface area contributed by atoms with Crippen LogP contribution in [0.3, 0.4) is 0 Å². The molecule has 7 heteroatoms. The SMILES string of the molecule is COc1ccc2ncc(=O)n(CCN3CC[C@@H](N)[C@H](F)C3)c2c1. The molecule has 2 N–H and O–H groups in total. The Morgan fingerprint density at radius 3 is 3.00 bits per heavy atom. The number of nitrogens with two attached hydrogens (primary N) is 1. The van der Waals surface area contributed by atoms with Crippen LogP contribution in [0, 0.1) is 0 Å². The molecule has 1 fully saturated rings. The van der Waals surface area contributed by atoms with Crippen molar-refractivity contribution in [2.45, 2.75) is 25.2 Å². The maximum absolute atomic E-state index is 13.7. The maximum atomic E-state index is 13.7. The predicted molar refractivity (Wildman–Crippen MR) is 86.5 cm³/mol. The lowest BCUT2D eigenvalue weighted by molar-refractivity contribution is 0.116. The van der Waals surface area contributed by atoms with E-state index in [-0.39, 0.29) is 11.6 Å². The average molecular weight is 320 g/mol. The third-order valence-electron chi connectivity index (χ3n) is 4.37. The van der Waals surface area contributed by atoms with Crippen LogP contribution in [0.25, 0.3) is 11.0 Å². The zero-order valence-corrected chi connectivity index (χ0v) is 13.1. The molecule has 0 bridgehead atoms. The molecular formula is C16H21FN4O2. The first kappa shape index (κ1) is 15.9. The van der Waals surface area contributed by atoms with Crippen molar-refractivity contribution in [2.24, 2.45) is 5.73 Å². The van der Waals surface area contributed by atoms with E-state index in [1.165, 1.54) is 6.20 Å². The first-order valence-corrected chi connectivity index (χ1v) is 7.74. The quantitative estimate of drug-likeness (QED) is 0.901. The normalized spacial score (nSPS) is 22.4. The van der Waals surface area contributed by atoms with Crippen molar-refractivity contribution in [3.8, 4) is 5.75 Å². The number of benzene rings is 1. The van der Waals surface area contributed by atoms with Gasteiger partial charge in [-0.3, -0.25) is 9.69 Å². The van der Waals surface area contributed by atoms with Gasteiger partial charge in [-0.2, -0.15) is 0 Å². The van der Waals surface area contributed by atoms with E-state index < -0.39 is 6.17 Å². The number of piperidine rings is 1. The zero-order chi connectivity index (χ0) is 16.4. The Bertz CT molecular complexity index is 748. The van der Waals surface area contributed by atoms with Crippen molar-refractivity contribution in [1.82, 2.24) is 14.5 Å². The summed E-state index contributed by atoms with van der Waals surface area (Å²) in [6, 6.07) is 5.05. The number of nitrogens with zero attached hydrogens (tertiary/aromatic N) is 3. The summed E-state index contributed by atoms with van der Waals surface area (Å²) in [7, 11) is 1.58. The van der Waals surface area contributed by atoms with Crippen molar-refractivity contribution in [1.29, 1.82) is 0 Å². The van der Waals surface area contributed by atoms with Gasteiger partial charge in [0.25, 0.3) is 5.56 Å². The summed E-state index contributed by atoms with van der Waals surface area (Å²) in [4.78, 5) is 18.3. The first-order valence-electron chi connectivity index (χ1n) is 7.74. The van der Waals surface area contributed by atoms with Gasteiger partial charge in [0, 0.05) is 31.7 Å². The van der Waals surface area contributed by atoms with Gasteiger partial charge < -0.3 is 15.0 Å². The molecule has 0 unspecified atom stereocenters. The van der Waals surface area contributed by atoms with Gasteiger partial charge >= 0.3 is 0 Å². The molecule has 1 aliphatic rings. The lowest BCUT2D eigenvalue weighted by atomic mass is 10.0. The van der Waals surface area contributed by atoms with Gasteiger partial charge in [0.05, 0.1) is 24.3 Å². The number of aromatic nitrogens is 2. The van der Waals surface area contributed by atoms with Crippen LogP contribution in [0.2, 0.25) is 0 Å². The Morgan fingerprint density at radius 1 is 1.43 bits per heavy atom. The third-order valence-corrected chi connectivity index (χ3v) is 4.37. The minimum absolute atomic E-state index is 0.170. The fraction of sp³-hybridized carbons (Fsp3) is 0.500. The number of halogens is 1. The molecule has 0 spiro atoms. The highest BCUT2D eigenvalue weighted by atomic mass is 19.1. The van der Waals surface area contributed by atoms with E-state index in [1.54, 1.807) is 17.7 Å². The molecule has 0 aliphatic carbocycles. The molecule has 3 rings (SSSR count). The van der Waals surface area contributed by atoms with Crippen molar-refractivity contribution >= 4 is 11.0 Å². The molecule has 124 valence electrons. The molecule has 2 heterocycles. The van der Waals surface area contributed by atoms with E-state index in [2.05, 4.69) is 4.98 Å². The summed E-state index contributed by atoms with van der Waals surface area (Å²) >= 11 is 0. The van der Waals surface area contributed by atoms with Gasteiger partial charge in [0.15, 0.2) is 0 Å². The smallest absolute Gasteiger partial charge is 0.269 e. The van der Waals surface area contributed by atoms with E-state index in [1.807, 2.05) is 17.0 Å². The summed E-state index contributed by atoms with van der Waals surface area (Å²) < 4.78 is 20.6. The number of fused-ring (bicyclic) bond motifs is 1. The van der Waals surface area contributed by atoms with Crippen LogP contribution in [0.15, 0.2) is 29.2 Å². The van der Waals surface area contributed by atoms with Crippen LogP contribution in [-0.2, 0) is 6.54 Å². The van der Waals surface area contributed by atoms with E-state index in [4.69, 9.17) is 10.5 Å². The topological polar surface area (TPSA) is 73.4 Å². The second kappa shape index (κ2) is 6.64. The highest BCUT2D eigenvalue weighted by molar-refractivity contribution is 5.76. The van der Waals surface area contributed by atoms with E-state index >= 15 is 0 Å². The van der Waals surface area contributed by atoms with Gasteiger partial charge in [-0.25, -0.2) is 9.37 Å². The van der Waals surface area contributed by atoms with Gasteiger partial charge in [-0.15, -0.1) is 0 Å². The largest absolute Gasteiger partial charge is 0.497 e. The second-order valence-electron chi connectivity index (χ2n) is 5.87. The van der Waals surface area contributed by atoms with Crippen LogP contribution < -0.4 is 16.0 Å². The van der Waals surface area contributed by atoms with Crippen LogP contribution >= 0.6 is 0 Å². The van der Waals surface area contributed by atoms with Gasteiger partial charge in [0.2, 0.25) is 0 Å². The number of methoxy groups -OCH3 is 1. The summed E-state index contributed by atoms with van der Waals surface area (Å²) in [5.74, 6) is 0.673. The highest BCUT2D eigenvalue weighted by Crippen LogP contribution is 2.18. The molecule has 2 atom stereocenters. The molecule has 1 aromatic heterocycles. The molecule has 0 radical (unpaired) electrons. The fourth-order valence-electron chi connectivity index (χ4n) is 2.93. The van der Waals surface area contributed by atoms with Crippen LogP contribution in [-0.4, -0.2) is 53.4 Å².